The first kappa shape index (κ1) is 27.9. The Kier molecular flexibility index (Phi) is 8.33. The minimum atomic E-state index is -4.81. The van der Waals surface area contributed by atoms with E-state index in [0.717, 1.165) is 29.3 Å². The van der Waals surface area contributed by atoms with Gasteiger partial charge in [-0.05, 0) is 48.4 Å². The number of ether oxygens (including phenoxy) is 1. The fourth-order valence-corrected chi connectivity index (χ4v) is 5.08. The monoisotopic (exact) mass is 584 g/mol. The molecular formula is C26H23F3N8O3S. The number of carbonyl (C=O) groups is 2. The van der Waals surface area contributed by atoms with Gasteiger partial charge in [-0.2, -0.15) is 0 Å². The molecule has 0 spiro atoms. The fourth-order valence-electron chi connectivity index (χ4n) is 4.20. The number of nitrogens with zero attached hydrogens (tertiary/aromatic N) is 6. The molecule has 1 fully saturated rings. The molecule has 2 N–H and O–H groups in total. The second kappa shape index (κ2) is 12.2. The fraction of sp³-hybridized carbons (Fsp3) is 0.269. The number of amides is 2. The zero-order valence-corrected chi connectivity index (χ0v) is 22.2. The summed E-state index contributed by atoms with van der Waals surface area (Å²) < 4.78 is 41.2. The van der Waals surface area contributed by atoms with Gasteiger partial charge in [0.05, 0.1) is 18.7 Å². The lowest BCUT2D eigenvalue weighted by Gasteiger charge is -2.16. The molecule has 5 rings (SSSR count). The van der Waals surface area contributed by atoms with E-state index < -0.39 is 18.0 Å². The number of nitrogens with one attached hydrogen (secondary N) is 2. The van der Waals surface area contributed by atoms with Crippen molar-refractivity contribution >= 4 is 34.8 Å². The summed E-state index contributed by atoms with van der Waals surface area (Å²) in [5, 5.41) is 23.0. The van der Waals surface area contributed by atoms with Crippen LogP contribution in [0.25, 0.3) is 0 Å². The molecule has 4 aromatic rings. The Morgan fingerprint density at radius 3 is 2.68 bits per heavy atom. The van der Waals surface area contributed by atoms with Crippen molar-refractivity contribution in [3.8, 4) is 5.75 Å². The topological polar surface area (TPSA) is 135 Å². The molecule has 1 atom stereocenters. The zero-order chi connectivity index (χ0) is 28.8. The van der Waals surface area contributed by atoms with Gasteiger partial charge in [-0.25, -0.2) is 0 Å². The van der Waals surface area contributed by atoms with E-state index in [1.54, 1.807) is 24.4 Å². The first-order valence-electron chi connectivity index (χ1n) is 12.5. The van der Waals surface area contributed by atoms with Crippen molar-refractivity contribution in [2.24, 2.45) is 0 Å². The molecule has 2 amide bonds. The Balaban J connectivity index is 1.11. The third-order valence-corrected chi connectivity index (χ3v) is 7.15. The van der Waals surface area contributed by atoms with E-state index in [4.69, 9.17) is 0 Å². The van der Waals surface area contributed by atoms with Crippen LogP contribution in [-0.2, 0) is 17.8 Å². The molecule has 1 saturated heterocycles. The van der Waals surface area contributed by atoms with Crippen LogP contribution in [0.3, 0.4) is 0 Å². The molecule has 11 nitrogen and oxygen atoms in total. The number of rotatable bonds is 9. The van der Waals surface area contributed by atoms with Gasteiger partial charge < -0.3 is 20.3 Å². The number of hydrogen-bond donors (Lipinski definition) is 2. The molecule has 41 heavy (non-hydrogen) atoms. The molecule has 3 aromatic heterocycles. The van der Waals surface area contributed by atoms with Gasteiger partial charge in [0.25, 0.3) is 5.91 Å². The molecule has 0 aliphatic carbocycles. The summed E-state index contributed by atoms with van der Waals surface area (Å²) in [7, 11) is 0. The standard InChI is InChI=1S/C26H23F3N8O3S/c27-26(28,29)40-19-6-3-4-16(12-19)13-22(38)32-20-7-8-21(34-33-20)37-11-9-17(15-37)24-35-36-25(41-24)23(39)31-14-18-5-1-2-10-30-18/h1-8,10,12,17H,9,11,13-15H2,(H,31,39)(H,32,33,38). The van der Waals surface area contributed by atoms with Crippen molar-refractivity contribution in [1.82, 2.24) is 30.7 Å². The summed E-state index contributed by atoms with van der Waals surface area (Å²) in [6.45, 7) is 1.61. The van der Waals surface area contributed by atoms with E-state index >= 15 is 0 Å². The highest BCUT2D eigenvalue weighted by Crippen LogP contribution is 2.31. The van der Waals surface area contributed by atoms with Gasteiger partial charge in [-0.15, -0.1) is 33.6 Å². The molecule has 212 valence electrons. The number of halogens is 3. The SMILES string of the molecule is O=C(Cc1cccc(OC(F)(F)F)c1)Nc1ccc(N2CCC(c3nnc(C(=O)NCc4ccccn4)s3)C2)nn1. The van der Waals surface area contributed by atoms with Gasteiger partial charge in [0.15, 0.2) is 11.6 Å². The lowest BCUT2D eigenvalue weighted by molar-refractivity contribution is -0.274. The summed E-state index contributed by atoms with van der Waals surface area (Å²) in [6.07, 6.45) is -2.53. The first-order chi connectivity index (χ1) is 19.7. The second-order valence-electron chi connectivity index (χ2n) is 9.08. The van der Waals surface area contributed by atoms with E-state index in [0.29, 0.717) is 31.0 Å². The third-order valence-electron chi connectivity index (χ3n) is 6.07. The number of aromatic nitrogens is 5. The normalized spacial score (nSPS) is 15.0. The molecular weight excluding hydrogens is 561 g/mol. The van der Waals surface area contributed by atoms with Crippen molar-refractivity contribution < 1.29 is 27.5 Å². The predicted octanol–water partition coefficient (Wildman–Crippen LogP) is 3.73. The summed E-state index contributed by atoms with van der Waals surface area (Å²) in [4.78, 5) is 31.1. The number of anilines is 2. The first-order valence-corrected chi connectivity index (χ1v) is 13.3. The van der Waals surface area contributed by atoms with Crippen LogP contribution in [0.15, 0.2) is 60.8 Å². The molecule has 1 unspecified atom stereocenters. The molecule has 1 aliphatic rings. The lowest BCUT2D eigenvalue weighted by atomic mass is 10.1. The highest BCUT2D eigenvalue weighted by molar-refractivity contribution is 7.13. The Hall–Kier alpha value is -4.66. The zero-order valence-electron chi connectivity index (χ0n) is 21.3. The Labute approximate surface area is 235 Å². The third kappa shape index (κ3) is 7.72. The van der Waals surface area contributed by atoms with Crippen LogP contribution < -0.4 is 20.3 Å². The number of carbonyl (C=O) groups excluding carboxylic acids is 2. The van der Waals surface area contributed by atoms with Gasteiger partial charge >= 0.3 is 6.36 Å². The van der Waals surface area contributed by atoms with E-state index in [-0.39, 0.29) is 29.1 Å². The van der Waals surface area contributed by atoms with E-state index in [1.165, 1.54) is 23.5 Å². The minimum Gasteiger partial charge on any atom is -0.406 e. The average Bonchev–Trinajstić information content (AvgIpc) is 3.63. The van der Waals surface area contributed by atoms with Gasteiger partial charge in [0.1, 0.15) is 10.8 Å². The number of benzene rings is 1. The van der Waals surface area contributed by atoms with Gasteiger partial charge in [0, 0.05) is 25.2 Å². The summed E-state index contributed by atoms with van der Waals surface area (Å²) in [6, 6.07) is 14.0. The van der Waals surface area contributed by atoms with Crippen LogP contribution >= 0.6 is 11.3 Å². The molecule has 15 heteroatoms. The quantitative estimate of drug-likeness (QED) is 0.302. The molecule has 0 saturated carbocycles. The van der Waals surface area contributed by atoms with E-state index in [9.17, 15) is 22.8 Å². The van der Waals surface area contributed by atoms with Crippen LogP contribution in [-0.4, -0.2) is 56.6 Å². The summed E-state index contributed by atoms with van der Waals surface area (Å²) in [5.74, 6) is -0.274. The summed E-state index contributed by atoms with van der Waals surface area (Å²) in [5.41, 5.74) is 1.09. The molecule has 0 radical (unpaired) electrons. The Morgan fingerprint density at radius 2 is 1.93 bits per heavy atom. The number of alkyl halides is 3. The smallest absolute Gasteiger partial charge is 0.406 e. The molecule has 1 aliphatic heterocycles. The van der Waals surface area contributed by atoms with Crippen LogP contribution in [0, 0.1) is 0 Å². The number of hydrogen-bond acceptors (Lipinski definition) is 10. The van der Waals surface area contributed by atoms with Crippen LogP contribution in [0.1, 0.15) is 38.4 Å². The second-order valence-corrected chi connectivity index (χ2v) is 10.1. The minimum absolute atomic E-state index is 0.0723. The number of pyridine rings is 1. The van der Waals surface area contributed by atoms with Crippen molar-refractivity contribution in [3.63, 3.8) is 0 Å². The predicted molar refractivity (Wildman–Crippen MR) is 142 cm³/mol. The van der Waals surface area contributed by atoms with Crippen LogP contribution in [0.4, 0.5) is 24.8 Å². The molecule has 0 bridgehead atoms. The maximum absolute atomic E-state index is 12.5. The van der Waals surface area contributed by atoms with Crippen molar-refractivity contribution in [2.75, 3.05) is 23.3 Å². The maximum Gasteiger partial charge on any atom is 0.573 e. The summed E-state index contributed by atoms with van der Waals surface area (Å²) >= 11 is 1.26. The van der Waals surface area contributed by atoms with Crippen molar-refractivity contribution in [1.29, 1.82) is 0 Å². The van der Waals surface area contributed by atoms with Gasteiger partial charge in [-0.3, -0.25) is 14.6 Å². The Bertz CT molecular complexity index is 1500. The van der Waals surface area contributed by atoms with Crippen molar-refractivity contribution in [3.05, 3.63) is 82.1 Å². The molecule has 4 heterocycles. The highest BCUT2D eigenvalue weighted by atomic mass is 32.1. The van der Waals surface area contributed by atoms with E-state index in [2.05, 4.69) is 40.7 Å². The maximum atomic E-state index is 12.5. The lowest BCUT2D eigenvalue weighted by Crippen LogP contribution is -2.23. The average molecular weight is 585 g/mol. The van der Waals surface area contributed by atoms with Gasteiger partial charge in [-0.1, -0.05) is 29.5 Å². The Morgan fingerprint density at radius 1 is 1.05 bits per heavy atom. The van der Waals surface area contributed by atoms with Gasteiger partial charge in [0.2, 0.25) is 10.9 Å². The van der Waals surface area contributed by atoms with E-state index in [1.807, 2.05) is 17.0 Å². The van der Waals surface area contributed by atoms with Crippen LogP contribution in [0.5, 0.6) is 5.75 Å². The van der Waals surface area contributed by atoms with Crippen LogP contribution in [0.2, 0.25) is 0 Å². The largest absolute Gasteiger partial charge is 0.573 e. The van der Waals surface area contributed by atoms with Crippen molar-refractivity contribution in [2.45, 2.75) is 31.7 Å². The highest BCUT2D eigenvalue weighted by Gasteiger charge is 2.31. The molecule has 1 aromatic carbocycles.